The van der Waals surface area contributed by atoms with Crippen LogP contribution in [0, 0.1) is 17.5 Å². The number of halogens is 4. The fraction of sp³-hybridized carbons (Fsp3) is 0.235. The highest BCUT2D eigenvalue weighted by Crippen LogP contribution is 2.09. The highest BCUT2D eigenvalue weighted by Gasteiger charge is 2.04. The summed E-state index contributed by atoms with van der Waals surface area (Å²) in [6, 6.07) is 9.53. The maximum Gasteiger partial charge on any atom is 0.191 e. The lowest BCUT2D eigenvalue weighted by Gasteiger charge is -2.12. The normalized spacial score (nSPS) is 10.9. The average Bonchev–Trinajstić information content (AvgIpc) is 2.55. The highest BCUT2D eigenvalue weighted by molar-refractivity contribution is 14.0. The Morgan fingerprint density at radius 3 is 2.29 bits per heavy atom. The summed E-state index contributed by atoms with van der Waals surface area (Å²) in [4.78, 5) is 4.04. The molecule has 0 aromatic heterocycles. The third-order valence-corrected chi connectivity index (χ3v) is 3.29. The summed E-state index contributed by atoms with van der Waals surface area (Å²) in [5.74, 6) is -0.637. The van der Waals surface area contributed by atoms with Gasteiger partial charge in [0.2, 0.25) is 0 Å². The molecule has 24 heavy (non-hydrogen) atoms. The van der Waals surface area contributed by atoms with Gasteiger partial charge in [0.1, 0.15) is 17.5 Å². The molecule has 3 nitrogen and oxygen atoms in total. The van der Waals surface area contributed by atoms with Gasteiger partial charge in [-0.05, 0) is 47.9 Å². The van der Waals surface area contributed by atoms with Crippen LogP contribution in [0.1, 0.15) is 11.1 Å². The van der Waals surface area contributed by atoms with Crippen LogP contribution in [0.15, 0.2) is 47.5 Å². The van der Waals surface area contributed by atoms with Crippen molar-refractivity contribution >= 4 is 29.9 Å². The Labute approximate surface area is 156 Å². The first kappa shape index (κ1) is 20.3. The van der Waals surface area contributed by atoms with E-state index in [2.05, 4.69) is 15.6 Å². The van der Waals surface area contributed by atoms with Gasteiger partial charge in [-0.3, -0.25) is 4.99 Å². The largest absolute Gasteiger partial charge is 0.356 e. The van der Waals surface area contributed by atoms with Crippen molar-refractivity contribution < 1.29 is 13.2 Å². The maximum absolute atomic E-state index is 13.5. The van der Waals surface area contributed by atoms with Crippen LogP contribution in [0.2, 0.25) is 0 Å². The Hall–Kier alpha value is -1.77. The van der Waals surface area contributed by atoms with E-state index in [1.807, 2.05) is 0 Å². The lowest BCUT2D eigenvalue weighted by molar-refractivity contribution is 0.583. The zero-order chi connectivity index (χ0) is 16.7. The van der Waals surface area contributed by atoms with E-state index in [0.717, 1.165) is 17.7 Å². The van der Waals surface area contributed by atoms with Gasteiger partial charge in [0, 0.05) is 20.1 Å². The summed E-state index contributed by atoms with van der Waals surface area (Å²) in [6.07, 6.45) is 0.334. The molecule has 2 rings (SSSR count). The first-order valence-corrected chi connectivity index (χ1v) is 7.21. The zero-order valence-corrected chi connectivity index (χ0v) is 15.5. The predicted molar refractivity (Wildman–Crippen MR) is 100 cm³/mol. The quantitative estimate of drug-likeness (QED) is 0.416. The van der Waals surface area contributed by atoms with Crippen molar-refractivity contribution in [3.8, 4) is 0 Å². The number of aliphatic imine (C=N–C) groups is 1. The summed E-state index contributed by atoms with van der Waals surface area (Å²) in [5.41, 5.74) is 1.22. The van der Waals surface area contributed by atoms with Crippen LogP contribution in [0.4, 0.5) is 13.2 Å². The lowest BCUT2D eigenvalue weighted by atomic mass is 10.1. The molecule has 0 saturated carbocycles. The fourth-order valence-electron chi connectivity index (χ4n) is 2.06. The van der Waals surface area contributed by atoms with E-state index in [1.165, 1.54) is 18.2 Å². The smallest absolute Gasteiger partial charge is 0.191 e. The van der Waals surface area contributed by atoms with Gasteiger partial charge in [-0.25, -0.2) is 13.2 Å². The first-order valence-electron chi connectivity index (χ1n) is 7.21. The number of guanidine groups is 1. The van der Waals surface area contributed by atoms with Crippen molar-refractivity contribution in [1.29, 1.82) is 0 Å². The van der Waals surface area contributed by atoms with Crippen LogP contribution in [0.5, 0.6) is 0 Å². The van der Waals surface area contributed by atoms with Gasteiger partial charge in [0.25, 0.3) is 0 Å². The number of nitrogens with zero attached hydrogens (tertiary/aromatic N) is 1. The summed E-state index contributed by atoms with van der Waals surface area (Å²) in [5, 5.41) is 6.09. The number of hydrogen-bond donors (Lipinski definition) is 2. The third kappa shape index (κ3) is 6.38. The van der Waals surface area contributed by atoms with E-state index in [0.29, 0.717) is 31.0 Å². The van der Waals surface area contributed by atoms with Gasteiger partial charge >= 0.3 is 0 Å². The molecule has 0 amide bonds. The highest BCUT2D eigenvalue weighted by atomic mass is 127. The zero-order valence-electron chi connectivity index (χ0n) is 13.2. The molecule has 0 aliphatic rings. The summed E-state index contributed by atoms with van der Waals surface area (Å²) in [6.45, 7) is 0.887. The first-order chi connectivity index (χ1) is 11.1. The SMILES string of the molecule is CN=C(NCCc1cc(F)ccc1F)NCc1ccc(F)cc1.I. The van der Waals surface area contributed by atoms with Crippen LogP contribution in [0.25, 0.3) is 0 Å². The van der Waals surface area contributed by atoms with Crippen molar-refractivity contribution in [2.75, 3.05) is 13.6 Å². The van der Waals surface area contributed by atoms with Crippen molar-refractivity contribution in [2.24, 2.45) is 4.99 Å². The van der Waals surface area contributed by atoms with Crippen LogP contribution < -0.4 is 10.6 Å². The van der Waals surface area contributed by atoms with E-state index in [-0.39, 0.29) is 29.8 Å². The molecule has 0 heterocycles. The standard InChI is InChI=1S/C17H18F3N3.HI/c1-21-17(23-11-12-2-4-14(18)5-3-12)22-9-8-13-10-15(19)6-7-16(13)20;/h2-7,10H,8-9,11H2,1H3,(H2,21,22,23);1H. The van der Waals surface area contributed by atoms with Crippen LogP contribution in [0.3, 0.4) is 0 Å². The van der Waals surface area contributed by atoms with E-state index >= 15 is 0 Å². The molecule has 0 fully saturated rings. The Balaban J connectivity index is 0.00000288. The van der Waals surface area contributed by atoms with Crippen LogP contribution in [-0.4, -0.2) is 19.6 Å². The Morgan fingerprint density at radius 1 is 0.958 bits per heavy atom. The fourth-order valence-corrected chi connectivity index (χ4v) is 2.06. The van der Waals surface area contributed by atoms with E-state index in [9.17, 15) is 13.2 Å². The monoisotopic (exact) mass is 449 g/mol. The number of benzene rings is 2. The maximum atomic E-state index is 13.5. The number of rotatable bonds is 5. The van der Waals surface area contributed by atoms with Crippen LogP contribution in [-0.2, 0) is 13.0 Å². The van der Waals surface area contributed by atoms with Crippen molar-refractivity contribution in [1.82, 2.24) is 10.6 Å². The second kappa shape index (κ2) is 10.2. The summed E-state index contributed by atoms with van der Waals surface area (Å²) >= 11 is 0. The minimum Gasteiger partial charge on any atom is -0.356 e. The number of nitrogens with one attached hydrogen (secondary N) is 2. The van der Waals surface area contributed by atoms with Crippen molar-refractivity contribution in [3.63, 3.8) is 0 Å². The molecular weight excluding hydrogens is 430 g/mol. The molecule has 0 bridgehead atoms. The molecule has 2 N–H and O–H groups in total. The molecule has 2 aromatic carbocycles. The van der Waals surface area contributed by atoms with Gasteiger partial charge in [0.05, 0.1) is 0 Å². The molecule has 0 saturated heterocycles. The molecule has 0 radical (unpaired) electrons. The number of hydrogen-bond acceptors (Lipinski definition) is 1. The van der Waals surface area contributed by atoms with Gasteiger partial charge in [-0.15, -0.1) is 24.0 Å². The minimum absolute atomic E-state index is 0. The molecule has 0 unspecified atom stereocenters. The Kier molecular flexibility index (Phi) is 8.59. The van der Waals surface area contributed by atoms with E-state index in [1.54, 1.807) is 19.2 Å². The summed E-state index contributed by atoms with van der Waals surface area (Å²) in [7, 11) is 1.61. The Bertz CT molecular complexity index is 675. The van der Waals surface area contributed by atoms with Crippen LogP contribution >= 0.6 is 24.0 Å². The van der Waals surface area contributed by atoms with Crippen molar-refractivity contribution in [3.05, 3.63) is 71.0 Å². The molecule has 7 heteroatoms. The lowest BCUT2D eigenvalue weighted by Crippen LogP contribution is -2.37. The van der Waals surface area contributed by atoms with Gasteiger partial charge < -0.3 is 10.6 Å². The third-order valence-electron chi connectivity index (χ3n) is 3.29. The van der Waals surface area contributed by atoms with E-state index < -0.39 is 11.6 Å². The molecule has 2 aromatic rings. The average molecular weight is 449 g/mol. The molecule has 130 valence electrons. The topological polar surface area (TPSA) is 36.4 Å². The Morgan fingerprint density at radius 2 is 1.62 bits per heavy atom. The molecular formula is C17H19F3IN3. The second-order valence-electron chi connectivity index (χ2n) is 4.96. The van der Waals surface area contributed by atoms with Gasteiger partial charge in [-0.2, -0.15) is 0 Å². The van der Waals surface area contributed by atoms with E-state index in [4.69, 9.17) is 0 Å². The molecule has 0 atom stereocenters. The minimum atomic E-state index is -0.458. The molecule has 0 aliphatic carbocycles. The molecule has 0 spiro atoms. The van der Waals surface area contributed by atoms with Gasteiger partial charge in [0.15, 0.2) is 5.96 Å². The second-order valence-corrected chi connectivity index (χ2v) is 4.96. The van der Waals surface area contributed by atoms with Crippen molar-refractivity contribution in [2.45, 2.75) is 13.0 Å². The molecule has 0 aliphatic heterocycles. The summed E-state index contributed by atoms with van der Waals surface area (Å²) < 4.78 is 39.4. The predicted octanol–water partition coefficient (Wildman–Crippen LogP) is 3.63. The van der Waals surface area contributed by atoms with Gasteiger partial charge in [-0.1, -0.05) is 12.1 Å².